The molecule has 7 atom stereocenters. The summed E-state index contributed by atoms with van der Waals surface area (Å²) < 4.78 is 42.1. The van der Waals surface area contributed by atoms with Gasteiger partial charge in [-0.25, -0.2) is 15.0 Å². The van der Waals surface area contributed by atoms with E-state index in [1.54, 1.807) is 0 Å². The lowest BCUT2D eigenvalue weighted by molar-refractivity contribution is -0.0525. The molecule has 160 valence electrons. The summed E-state index contributed by atoms with van der Waals surface area (Å²) in [7, 11) is -6.91. The summed E-state index contributed by atoms with van der Waals surface area (Å²) in [6, 6.07) is 0. The fourth-order valence-electron chi connectivity index (χ4n) is 3.83. The molecule has 0 bridgehead atoms. The first-order valence-corrected chi connectivity index (χ1v) is 12.4. The monoisotopic (exact) mass is 449 g/mol. The second kappa shape index (κ2) is 7.07. The predicted molar refractivity (Wildman–Crippen MR) is 99.0 cm³/mol. The zero-order valence-corrected chi connectivity index (χ0v) is 17.3. The molecule has 0 aromatic carbocycles. The normalized spacial score (nSPS) is 34.4. The van der Waals surface area contributed by atoms with Crippen molar-refractivity contribution in [3.63, 3.8) is 0 Å². The van der Waals surface area contributed by atoms with Crippen LogP contribution in [0.2, 0.25) is 0 Å². The minimum Gasteiger partial charge on any atom is -0.382 e. The lowest BCUT2D eigenvalue weighted by Gasteiger charge is -2.24. The number of nitrogen functional groups attached to an aromatic ring is 1. The Morgan fingerprint density at radius 3 is 2.55 bits per heavy atom. The fourth-order valence-corrected chi connectivity index (χ4v) is 5.70. The maximum Gasteiger partial charge on any atom is 0.328 e. The van der Waals surface area contributed by atoms with Gasteiger partial charge in [-0.05, 0) is 6.42 Å². The number of aromatic nitrogens is 4. The smallest absolute Gasteiger partial charge is 0.328 e. The molecule has 2 aromatic heterocycles. The van der Waals surface area contributed by atoms with Crippen molar-refractivity contribution in [3.05, 3.63) is 12.7 Å². The largest absolute Gasteiger partial charge is 0.382 e. The summed E-state index contributed by atoms with van der Waals surface area (Å²) in [6.45, 7) is 1.03. The van der Waals surface area contributed by atoms with Gasteiger partial charge in [0.25, 0.3) is 0 Å². The van der Waals surface area contributed by atoms with E-state index in [0.29, 0.717) is 11.2 Å². The number of imidazole rings is 1. The minimum atomic E-state index is -4.33. The van der Waals surface area contributed by atoms with Gasteiger partial charge < -0.3 is 29.9 Å². The highest BCUT2D eigenvalue weighted by Crippen LogP contribution is 2.62. The van der Waals surface area contributed by atoms with Crippen molar-refractivity contribution in [2.45, 2.75) is 36.6 Å². The molecular weight excluding hydrogens is 428 g/mol. The van der Waals surface area contributed by atoms with Crippen LogP contribution >= 0.6 is 15.2 Å². The third-order valence-electron chi connectivity index (χ3n) is 5.13. The van der Waals surface area contributed by atoms with Gasteiger partial charge in [-0.1, -0.05) is 0 Å². The molecule has 2 aromatic rings. The van der Waals surface area contributed by atoms with Crippen molar-refractivity contribution in [2.75, 3.05) is 19.5 Å². The van der Waals surface area contributed by atoms with Crippen LogP contribution in [0.3, 0.4) is 0 Å². The molecule has 4 rings (SSSR count). The van der Waals surface area contributed by atoms with Crippen LogP contribution in [0, 0.1) is 5.92 Å². The number of hydrogen-bond donors (Lipinski definition) is 4. The first-order valence-electron chi connectivity index (χ1n) is 8.66. The number of fused-ring (bicyclic) bond motifs is 1. The summed E-state index contributed by atoms with van der Waals surface area (Å²) >= 11 is 0. The molecule has 3 unspecified atom stereocenters. The number of nitrogens with two attached hydrogens (primary N) is 1. The third-order valence-corrected chi connectivity index (χ3v) is 7.23. The van der Waals surface area contributed by atoms with E-state index in [9.17, 15) is 23.8 Å². The van der Waals surface area contributed by atoms with Gasteiger partial charge in [-0.3, -0.25) is 18.2 Å². The molecule has 13 nitrogen and oxygen atoms in total. The van der Waals surface area contributed by atoms with Crippen molar-refractivity contribution in [2.24, 2.45) is 5.92 Å². The van der Waals surface area contributed by atoms with Gasteiger partial charge in [0.15, 0.2) is 17.7 Å². The Bertz CT molecular complexity index is 1020. The van der Waals surface area contributed by atoms with Crippen LogP contribution in [-0.4, -0.2) is 71.9 Å². The Balaban J connectivity index is 1.72. The van der Waals surface area contributed by atoms with Gasteiger partial charge in [0.1, 0.15) is 24.1 Å². The van der Waals surface area contributed by atoms with E-state index < -0.39 is 51.3 Å². The minimum absolute atomic E-state index is 0.169. The van der Waals surface area contributed by atoms with Crippen LogP contribution in [-0.2, 0) is 23.1 Å². The number of nitrogens with zero attached hydrogens (tertiary/aromatic N) is 4. The Kier molecular flexibility index (Phi) is 5.08. The van der Waals surface area contributed by atoms with Gasteiger partial charge in [0, 0.05) is 19.7 Å². The zero-order valence-electron chi connectivity index (χ0n) is 15.5. The van der Waals surface area contributed by atoms with Crippen molar-refractivity contribution >= 4 is 32.2 Å². The lowest BCUT2D eigenvalue weighted by atomic mass is 10.1. The summed E-state index contributed by atoms with van der Waals surface area (Å²) in [4.78, 5) is 41.0. The van der Waals surface area contributed by atoms with E-state index in [1.165, 1.54) is 24.3 Å². The Morgan fingerprint density at radius 1 is 1.24 bits per heavy atom. The van der Waals surface area contributed by atoms with Gasteiger partial charge in [0.05, 0.1) is 18.1 Å². The Hall–Kier alpha value is -1.43. The molecule has 29 heavy (non-hydrogen) atoms. The number of ether oxygens (including phenoxy) is 2. The molecule has 2 aliphatic rings. The molecule has 1 saturated heterocycles. The molecule has 0 amide bonds. The van der Waals surface area contributed by atoms with E-state index in [2.05, 4.69) is 15.0 Å². The number of rotatable bonds is 6. The molecule has 1 aliphatic heterocycles. The van der Waals surface area contributed by atoms with Crippen LogP contribution in [0.15, 0.2) is 12.7 Å². The lowest BCUT2D eigenvalue weighted by Crippen LogP contribution is -2.36. The molecule has 0 radical (unpaired) electrons. The highest BCUT2D eigenvalue weighted by molar-refractivity contribution is 7.53. The van der Waals surface area contributed by atoms with Crippen molar-refractivity contribution in [1.82, 2.24) is 19.5 Å². The standard InChI is InChI=1S/C14H21N5O8P2/c1-25-11-10(27-28(2,20)21)9(6-3-7(6)29(22,23)24)26-14(11)19-5-18-8-12(15)16-4-17-13(8)19/h4-7,9-11,14H,3H2,1-2H3,(H,20,21)(H2,15,16,17)(H2,22,23,24)/t6?,7?,9-,10+,11+,14-/m1/s1. The van der Waals surface area contributed by atoms with Crippen LogP contribution in [0.25, 0.3) is 11.2 Å². The summed E-state index contributed by atoms with van der Waals surface area (Å²) in [5, 5.41) is 0. The first kappa shape index (κ1) is 20.8. The van der Waals surface area contributed by atoms with E-state index in [0.717, 1.165) is 6.66 Å². The molecule has 1 aliphatic carbocycles. The third kappa shape index (κ3) is 3.85. The van der Waals surface area contributed by atoms with Gasteiger partial charge in [-0.2, -0.15) is 0 Å². The van der Waals surface area contributed by atoms with Crippen LogP contribution < -0.4 is 5.73 Å². The quantitative estimate of drug-likeness (QED) is 0.435. The van der Waals surface area contributed by atoms with Crippen LogP contribution in [0.5, 0.6) is 0 Å². The van der Waals surface area contributed by atoms with E-state index in [1.807, 2.05) is 0 Å². The van der Waals surface area contributed by atoms with Crippen LogP contribution in [0.4, 0.5) is 5.82 Å². The van der Waals surface area contributed by atoms with E-state index >= 15 is 0 Å². The topological polar surface area (TPSA) is 192 Å². The summed E-state index contributed by atoms with van der Waals surface area (Å²) in [6.07, 6.45) is -0.771. The average molecular weight is 449 g/mol. The number of anilines is 1. The molecular formula is C14H21N5O8P2. The van der Waals surface area contributed by atoms with Crippen molar-refractivity contribution < 1.29 is 37.8 Å². The highest BCUT2D eigenvalue weighted by Gasteiger charge is 2.61. The molecule has 15 heteroatoms. The van der Waals surface area contributed by atoms with Gasteiger partial charge in [0.2, 0.25) is 0 Å². The second-order valence-corrected chi connectivity index (χ2v) is 10.9. The Morgan fingerprint density at radius 2 is 1.97 bits per heavy atom. The second-order valence-electron chi connectivity index (χ2n) is 7.20. The Labute approximate surface area is 164 Å². The highest BCUT2D eigenvalue weighted by atomic mass is 31.2. The van der Waals surface area contributed by atoms with Gasteiger partial charge in [-0.15, -0.1) is 0 Å². The number of hydrogen-bond acceptors (Lipinski definition) is 9. The maximum absolute atomic E-state index is 12.0. The number of methoxy groups -OCH3 is 1. The molecule has 3 heterocycles. The van der Waals surface area contributed by atoms with Crippen LogP contribution in [0.1, 0.15) is 12.6 Å². The van der Waals surface area contributed by atoms with Gasteiger partial charge >= 0.3 is 15.2 Å². The molecule has 5 N–H and O–H groups in total. The summed E-state index contributed by atoms with van der Waals surface area (Å²) in [5.74, 6) is -0.383. The SMILES string of the molecule is CO[C@H]1[C@@H](OP(C)(=O)O)[C@@H](C2CC2P(=O)(O)O)O[C@H]1n1cnc2c(N)ncnc21. The molecule has 2 fully saturated rings. The van der Waals surface area contributed by atoms with E-state index in [4.69, 9.17) is 19.7 Å². The fraction of sp³-hybridized carbons (Fsp3) is 0.643. The zero-order chi connectivity index (χ0) is 21.1. The molecule has 1 saturated carbocycles. The van der Waals surface area contributed by atoms with Crippen molar-refractivity contribution in [3.8, 4) is 0 Å². The first-order chi connectivity index (χ1) is 13.5. The maximum atomic E-state index is 12.0. The predicted octanol–water partition coefficient (Wildman–Crippen LogP) is 0.0875. The van der Waals surface area contributed by atoms with E-state index in [-0.39, 0.29) is 12.2 Å². The summed E-state index contributed by atoms with van der Waals surface area (Å²) in [5.41, 5.74) is 5.62. The van der Waals surface area contributed by atoms with Crippen molar-refractivity contribution in [1.29, 1.82) is 0 Å². The average Bonchev–Trinajstić information content (AvgIpc) is 3.18. The molecule has 0 spiro atoms.